The predicted molar refractivity (Wildman–Crippen MR) is 40.6 cm³/mol. The van der Waals surface area contributed by atoms with Gasteiger partial charge in [0.05, 0.1) is 12.2 Å². The zero-order chi connectivity index (χ0) is 8.10. The van der Waals surface area contributed by atoms with Gasteiger partial charge in [-0.05, 0) is 12.1 Å². The fourth-order valence-electron chi connectivity index (χ4n) is 0.736. The quantitative estimate of drug-likeness (QED) is 0.708. The Morgan fingerprint density at radius 2 is 2.18 bits per heavy atom. The molecule has 0 aliphatic rings. The van der Waals surface area contributed by atoms with Gasteiger partial charge in [0.25, 0.3) is 0 Å². The monoisotopic (exact) mass is 152 g/mol. The van der Waals surface area contributed by atoms with Crippen LogP contribution in [0, 0.1) is 5.82 Å². The lowest BCUT2D eigenvalue weighted by molar-refractivity contribution is 0.557. The minimum atomic E-state index is -0.359. The zero-order valence-corrected chi connectivity index (χ0v) is 5.80. The Kier molecular flexibility index (Phi) is 2.60. The fourth-order valence-corrected chi connectivity index (χ4v) is 0.736. The first-order chi connectivity index (χ1) is 5.34. The van der Waals surface area contributed by atoms with Crippen molar-refractivity contribution in [3.05, 3.63) is 30.1 Å². The Hall–Kier alpha value is -1.38. The van der Waals surface area contributed by atoms with Crippen LogP contribution in [-0.2, 0) is 4.79 Å². The van der Waals surface area contributed by atoms with E-state index in [0.29, 0.717) is 5.69 Å². The summed E-state index contributed by atoms with van der Waals surface area (Å²) in [4.78, 5) is 9.78. The molecule has 1 N–H and O–H groups in total. The first-order valence-corrected chi connectivity index (χ1v) is 3.18. The van der Waals surface area contributed by atoms with Crippen LogP contribution in [0.15, 0.2) is 24.3 Å². The molecular weight excluding hydrogens is 145 g/mol. The summed E-state index contributed by atoms with van der Waals surface area (Å²) in [6.45, 7) is 0.0148. The van der Waals surface area contributed by atoms with Crippen molar-refractivity contribution in [2.75, 3.05) is 11.9 Å². The van der Waals surface area contributed by atoms with Gasteiger partial charge in [-0.25, -0.2) is 4.39 Å². The minimum absolute atomic E-state index is 0.0148. The van der Waals surface area contributed by atoms with E-state index >= 15 is 0 Å². The molecule has 0 bridgehead atoms. The first-order valence-electron chi connectivity index (χ1n) is 3.18. The molecule has 3 heteroatoms. The smallest absolute Gasteiger partial charge is 0.219 e. The average molecular weight is 152 g/mol. The van der Waals surface area contributed by atoms with Crippen molar-refractivity contribution in [2.24, 2.45) is 0 Å². The molecule has 2 nitrogen and oxygen atoms in total. The number of hydrogen-bond donors (Lipinski definition) is 1. The predicted octanol–water partition coefficient (Wildman–Crippen LogP) is 1.35. The van der Waals surface area contributed by atoms with Crippen molar-refractivity contribution in [3.63, 3.8) is 0 Å². The molecule has 11 heavy (non-hydrogen) atoms. The zero-order valence-electron chi connectivity index (χ0n) is 5.80. The summed E-state index contributed by atoms with van der Waals surface area (Å²) in [6.07, 6.45) is 1.62. The molecule has 0 saturated carbocycles. The molecular formula is C8H7FNO. The van der Waals surface area contributed by atoms with Gasteiger partial charge < -0.3 is 5.32 Å². The Balaban J connectivity index is 2.69. The third-order valence-corrected chi connectivity index (χ3v) is 1.22. The molecule has 0 heterocycles. The average Bonchev–Trinajstić information content (AvgIpc) is 2.03. The number of rotatable bonds is 3. The van der Waals surface area contributed by atoms with Crippen LogP contribution >= 0.6 is 0 Å². The third kappa shape index (κ3) is 2.04. The molecule has 0 fully saturated rings. The molecule has 0 aliphatic heterocycles. The van der Waals surface area contributed by atoms with Crippen LogP contribution in [0.5, 0.6) is 0 Å². The molecule has 57 valence electrons. The second-order valence-corrected chi connectivity index (χ2v) is 1.98. The van der Waals surface area contributed by atoms with Crippen molar-refractivity contribution in [1.29, 1.82) is 0 Å². The number of para-hydroxylation sites is 1. The molecule has 0 aliphatic carbocycles. The normalized spacial score (nSPS) is 9.18. The number of anilines is 1. The van der Waals surface area contributed by atoms with Gasteiger partial charge in [-0.3, -0.25) is 4.79 Å². The highest BCUT2D eigenvalue weighted by molar-refractivity contribution is 5.60. The van der Waals surface area contributed by atoms with Gasteiger partial charge >= 0.3 is 0 Å². The van der Waals surface area contributed by atoms with E-state index in [-0.39, 0.29) is 12.4 Å². The molecule has 0 spiro atoms. The van der Waals surface area contributed by atoms with Gasteiger partial charge in [0.15, 0.2) is 0 Å². The molecule has 0 aromatic heterocycles. The molecule has 1 radical (unpaired) electrons. The van der Waals surface area contributed by atoms with E-state index in [0.717, 1.165) is 0 Å². The largest absolute Gasteiger partial charge is 0.375 e. The maximum absolute atomic E-state index is 12.7. The molecule has 1 aromatic carbocycles. The summed E-state index contributed by atoms with van der Waals surface area (Å²) < 4.78 is 12.7. The second kappa shape index (κ2) is 3.71. The van der Waals surface area contributed by atoms with Crippen molar-refractivity contribution in [2.45, 2.75) is 0 Å². The summed E-state index contributed by atoms with van der Waals surface area (Å²) in [5, 5.41) is 2.56. The minimum Gasteiger partial charge on any atom is -0.375 e. The van der Waals surface area contributed by atoms with Crippen LogP contribution in [0.4, 0.5) is 10.1 Å². The van der Waals surface area contributed by atoms with E-state index in [9.17, 15) is 9.18 Å². The highest BCUT2D eigenvalue weighted by atomic mass is 19.1. The van der Waals surface area contributed by atoms with Crippen molar-refractivity contribution in [3.8, 4) is 0 Å². The van der Waals surface area contributed by atoms with E-state index in [1.807, 2.05) is 0 Å². The number of benzene rings is 1. The molecule has 1 rings (SSSR count). The van der Waals surface area contributed by atoms with Crippen LogP contribution in [0.2, 0.25) is 0 Å². The van der Waals surface area contributed by atoms with Crippen LogP contribution in [0.3, 0.4) is 0 Å². The molecule has 0 amide bonds. The standard InChI is InChI=1S/C8H7FNO/c9-7-3-1-2-4-8(7)10-5-6-11/h1-4,10H,5H2. The van der Waals surface area contributed by atoms with Crippen molar-refractivity contribution in [1.82, 2.24) is 0 Å². The van der Waals surface area contributed by atoms with Gasteiger partial charge in [-0.1, -0.05) is 12.1 Å². The number of nitrogens with one attached hydrogen (secondary N) is 1. The second-order valence-electron chi connectivity index (χ2n) is 1.98. The maximum atomic E-state index is 12.7. The topological polar surface area (TPSA) is 29.1 Å². The van der Waals surface area contributed by atoms with Gasteiger partial charge in [-0.2, -0.15) is 0 Å². The maximum Gasteiger partial charge on any atom is 0.219 e. The van der Waals surface area contributed by atoms with E-state index in [1.165, 1.54) is 6.07 Å². The van der Waals surface area contributed by atoms with Crippen LogP contribution in [0.25, 0.3) is 0 Å². The summed E-state index contributed by atoms with van der Waals surface area (Å²) in [5.41, 5.74) is 0.329. The molecule has 0 unspecified atom stereocenters. The third-order valence-electron chi connectivity index (χ3n) is 1.22. The number of hydrogen-bond acceptors (Lipinski definition) is 2. The van der Waals surface area contributed by atoms with Crippen molar-refractivity contribution < 1.29 is 9.18 Å². The Bertz CT molecular complexity index is 250. The highest BCUT2D eigenvalue weighted by Crippen LogP contribution is 2.10. The van der Waals surface area contributed by atoms with Crippen LogP contribution in [-0.4, -0.2) is 12.8 Å². The van der Waals surface area contributed by atoms with Crippen LogP contribution in [0.1, 0.15) is 0 Å². The van der Waals surface area contributed by atoms with Gasteiger partial charge in [0, 0.05) is 0 Å². The molecule has 0 atom stereocenters. The van der Waals surface area contributed by atoms with E-state index in [4.69, 9.17) is 0 Å². The number of halogens is 1. The summed E-state index contributed by atoms with van der Waals surface area (Å²) in [7, 11) is 0. The Morgan fingerprint density at radius 1 is 1.45 bits per heavy atom. The van der Waals surface area contributed by atoms with Gasteiger partial charge in [-0.15, -0.1) is 0 Å². The van der Waals surface area contributed by atoms with Crippen molar-refractivity contribution >= 4 is 12.0 Å². The lowest BCUT2D eigenvalue weighted by Crippen LogP contribution is -2.03. The summed E-state index contributed by atoms with van der Waals surface area (Å²) in [5.74, 6) is -0.359. The lowest BCUT2D eigenvalue weighted by Gasteiger charge is -2.01. The van der Waals surface area contributed by atoms with E-state index < -0.39 is 0 Å². The SMILES string of the molecule is O=[C]CNc1ccccc1F. The van der Waals surface area contributed by atoms with E-state index in [1.54, 1.807) is 24.5 Å². The Labute approximate surface area is 64.0 Å². The molecule has 1 aromatic rings. The van der Waals surface area contributed by atoms with Crippen LogP contribution < -0.4 is 5.32 Å². The summed E-state index contributed by atoms with van der Waals surface area (Å²) in [6, 6.07) is 6.17. The summed E-state index contributed by atoms with van der Waals surface area (Å²) >= 11 is 0. The Morgan fingerprint density at radius 3 is 2.82 bits per heavy atom. The lowest BCUT2D eigenvalue weighted by atomic mass is 10.3. The highest BCUT2D eigenvalue weighted by Gasteiger charge is 1.96. The fraction of sp³-hybridized carbons (Fsp3) is 0.125. The van der Waals surface area contributed by atoms with Gasteiger partial charge in [0.1, 0.15) is 5.82 Å². The molecule has 0 saturated heterocycles. The van der Waals surface area contributed by atoms with E-state index in [2.05, 4.69) is 5.32 Å². The number of carbonyl (C=O) groups excluding carboxylic acids is 1. The van der Waals surface area contributed by atoms with Gasteiger partial charge in [0.2, 0.25) is 6.29 Å². The first kappa shape index (κ1) is 7.72.